The first-order valence-electron chi connectivity index (χ1n) is 9.22. The van der Waals surface area contributed by atoms with Crippen molar-refractivity contribution in [2.45, 2.75) is 58.5 Å². The van der Waals surface area contributed by atoms with E-state index >= 15 is 0 Å². The minimum absolute atomic E-state index is 0.0220. The van der Waals surface area contributed by atoms with Crippen LogP contribution in [-0.2, 0) is 11.2 Å². The molecule has 5 nitrogen and oxygen atoms in total. The molecule has 0 unspecified atom stereocenters. The molecule has 2 rings (SSSR count). The number of benzene rings is 1. The van der Waals surface area contributed by atoms with Gasteiger partial charge in [-0.15, -0.1) is 0 Å². The number of rotatable bonds is 7. The Bertz CT molecular complexity index is 611. The summed E-state index contributed by atoms with van der Waals surface area (Å²) < 4.78 is 0. The van der Waals surface area contributed by atoms with Gasteiger partial charge in [0.2, 0.25) is 5.91 Å². The molecule has 1 fully saturated rings. The van der Waals surface area contributed by atoms with E-state index < -0.39 is 0 Å². The highest BCUT2D eigenvalue weighted by Gasteiger charge is 2.37. The van der Waals surface area contributed by atoms with Crippen LogP contribution in [0.2, 0.25) is 0 Å². The second-order valence-corrected chi connectivity index (χ2v) is 7.32. The van der Waals surface area contributed by atoms with Gasteiger partial charge < -0.3 is 15.1 Å². The summed E-state index contributed by atoms with van der Waals surface area (Å²) in [5.41, 5.74) is 1.58. The number of anilines is 1. The van der Waals surface area contributed by atoms with Crippen LogP contribution in [-0.4, -0.2) is 47.9 Å². The monoisotopic (exact) mass is 345 g/mol. The van der Waals surface area contributed by atoms with Crippen molar-refractivity contribution in [2.75, 3.05) is 19.4 Å². The van der Waals surface area contributed by atoms with Crippen LogP contribution in [0.25, 0.3) is 0 Å². The van der Waals surface area contributed by atoms with E-state index in [0.29, 0.717) is 12.0 Å². The molecule has 1 aromatic rings. The lowest BCUT2D eigenvalue weighted by molar-refractivity contribution is -0.127. The molecule has 0 heterocycles. The van der Waals surface area contributed by atoms with Gasteiger partial charge in [0.1, 0.15) is 0 Å². The molecule has 0 bridgehead atoms. The van der Waals surface area contributed by atoms with Gasteiger partial charge in [-0.3, -0.25) is 4.79 Å². The van der Waals surface area contributed by atoms with E-state index in [1.54, 1.807) is 19.0 Å². The van der Waals surface area contributed by atoms with Crippen molar-refractivity contribution in [1.29, 1.82) is 0 Å². The van der Waals surface area contributed by atoms with Gasteiger partial charge in [0, 0.05) is 31.9 Å². The van der Waals surface area contributed by atoms with Gasteiger partial charge in [-0.05, 0) is 37.3 Å². The SMILES string of the molecule is CC[C@@H](C)[C@@H](C)N(C(=O)Nc1ccccc1CC(=O)N(C)C)C1CC1. The molecule has 0 spiro atoms. The zero-order chi connectivity index (χ0) is 18.6. The molecule has 1 saturated carbocycles. The van der Waals surface area contributed by atoms with E-state index in [4.69, 9.17) is 0 Å². The number of carbonyl (C=O) groups excluding carboxylic acids is 2. The number of hydrogen-bond acceptors (Lipinski definition) is 2. The second-order valence-electron chi connectivity index (χ2n) is 7.32. The summed E-state index contributed by atoms with van der Waals surface area (Å²) >= 11 is 0. The molecule has 1 N–H and O–H groups in total. The van der Waals surface area contributed by atoms with Crippen LogP contribution in [0.3, 0.4) is 0 Å². The lowest BCUT2D eigenvalue weighted by Gasteiger charge is -2.33. The van der Waals surface area contributed by atoms with Crippen LogP contribution in [0.4, 0.5) is 10.5 Å². The second kappa shape index (κ2) is 8.37. The molecule has 0 radical (unpaired) electrons. The summed E-state index contributed by atoms with van der Waals surface area (Å²) in [6.07, 6.45) is 3.49. The number of nitrogens with one attached hydrogen (secondary N) is 1. The maximum absolute atomic E-state index is 12.9. The Morgan fingerprint density at radius 2 is 1.84 bits per heavy atom. The Hall–Kier alpha value is -2.04. The molecule has 0 saturated heterocycles. The summed E-state index contributed by atoms with van der Waals surface area (Å²) in [6, 6.07) is 8.05. The zero-order valence-corrected chi connectivity index (χ0v) is 16.1. The van der Waals surface area contributed by atoms with Gasteiger partial charge in [0.05, 0.1) is 6.42 Å². The van der Waals surface area contributed by atoms with Crippen molar-refractivity contribution in [3.05, 3.63) is 29.8 Å². The van der Waals surface area contributed by atoms with Crippen LogP contribution < -0.4 is 5.32 Å². The number of amides is 3. The molecule has 1 aliphatic rings. The average Bonchev–Trinajstić information content (AvgIpc) is 3.40. The van der Waals surface area contributed by atoms with E-state index in [2.05, 4.69) is 26.1 Å². The first-order chi connectivity index (χ1) is 11.8. The maximum atomic E-state index is 12.9. The van der Waals surface area contributed by atoms with Crippen LogP contribution in [0.1, 0.15) is 45.6 Å². The van der Waals surface area contributed by atoms with Crippen molar-refractivity contribution in [3.8, 4) is 0 Å². The van der Waals surface area contributed by atoms with Crippen molar-refractivity contribution < 1.29 is 9.59 Å². The Morgan fingerprint density at radius 1 is 1.20 bits per heavy atom. The Balaban J connectivity index is 2.14. The first-order valence-corrected chi connectivity index (χ1v) is 9.22. The number of hydrogen-bond donors (Lipinski definition) is 1. The van der Waals surface area contributed by atoms with Gasteiger partial charge in [0.15, 0.2) is 0 Å². The average molecular weight is 345 g/mol. The lowest BCUT2D eigenvalue weighted by Crippen LogP contribution is -2.46. The summed E-state index contributed by atoms with van der Waals surface area (Å²) in [4.78, 5) is 28.6. The molecule has 1 aliphatic carbocycles. The number of para-hydroxylation sites is 1. The summed E-state index contributed by atoms with van der Waals surface area (Å²) in [5.74, 6) is 0.477. The number of likely N-dealkylation sites (N-methyl/N-ethyl adjacent to an activating group) is 1. The zero-order valence-electron chi connectivity index (χ0n) is 16.1. The maximum Gasteiger partial charge on any atom is 0.322 e. The van der Waals surface area contributed by atoms with Crippen molar-refractivity contribution in [1.82, 2.24) is 9.80 Å². The van der Waals surface area contributed by atoms with E-state index in [0.717, 1.165) is 30.5 Å². The fourth-order valence-corrected chi connectivity index (χ4v) is 2.95. The number of nitrogens with zero attached hydrogens (tertiary/aromatic N) is 2. The third kappa shape index (κ3) is 4.97. The predicted octanol–water partition coefficient (Wildman–Crippen LogP) is 3.75. The van der Waals surface area contributed by atoms with Crippen LogP contribution in [0.5, 0.6) is 0 Å². The highest BCUT2D eigenvalue weighted by Crippen LogP contribution is 2.32. The van der Waals surface area contributed by atoms with Gasteiger partial charge in [-0.25, -0.2) is 4.79 Å². The molecular weight excluding hydrogens is 314 g/mol. The van der Waals surface area contributed by atoms with Gasteiger partial charge in [-0.1, -0.05) is 38.5 Å². The number of carbonyl (C=O) groups is 2. The largest absolute Gasteiger partial charge is 0.349 e. The molecular formula is C20H31N3O2. The quantitative estimate of drug-likeness (QED) is 0.818. The third-order valence-corrected chi connectivity index (χ3v) is 5.18. The molecule has 1 aromatic carbocycles. The fraction of sp³-hybridized carbons (Fsp3) is 0.600. The van der Waals surface area contributed by atoms with Gasteiger partial charge in [-0.2, -0.15) is 0 Å². The molecule has 3 amide bonds. The molecule has 25 heavy (non-hydrogen) atoms. The molecule has 5 heteroatoms. The van der Waals surface area contributed by atoms with E-state index in [1.807, 2.05) is 29.2 Å². The van der Waals surface area contributed by atoms with E-state index in [1.165, 1.54) is 0 Å². The van der Waals surface area contributed by atoms with Crippen LogP contribution in [0, 0.1) is 5.92 Å². The first kappa shape index (κ1) is 19.3. The van der Waals surface area contributed by atoms with Gasteiger partial charge in [0.25, 0.3) is 0 Å². The fourth-order valence-electron chi connectivity index (χ4n) is 2.95. The lowest BCUT2D eigenvalue weighted by atomic mass is 9.99. The molecule has 2 atom stereocenters. The van der Waals surface area contributed by atoms with E-state index in [-0.39, 0.29) is 24.4 Å². The van der Waals surface area contributed by atoms with E-state index in [9.17, 15) is 9.59 Å². The van der Waals surface area contributed by atoms with Crippen LogP contribution >= 0.6 is 0 Å². The minimum atomic E-state index is -0.0555. The van der Waals surface area contributed by atoms with Crippen molar-refractivity contribution in [2.24, 2.45) is 5.92 Å². The minimum Gasteiger partial charge on any atom is -0.349 e. The summed E-state index contributed by atoms with van der Waals surface area (Å²) in [7, 11) is 3.48. The molecule has 0 aromatic heterocycles. The third-order valence-electron chi connectivity index (χ3n) is 5.18. The van der Waals surface area contributed by atoms with Crippen LogP contribution in [0.15, 0.2) is 24.3 Å². The standard InChI is InChI=1S/C20H31N3O2/c1-6-14(2)15(3)23(17-11-12-17)20(25)21-18-10-8-7-9-16(18)13-19(24)22(4)5/h7-10,14-15,17H,6,11-13H2,1-5H3,(H,21,25)/t14-,15-/m1/s1. The summed E-state index contributed by atoms with van der Waals surface area (Å²) in [6.45, 7) is 6.48. The highest BCUT2D eigenvalue weighted by molar-refractivity contribution is 5.92. The normalized spacial score (nSPS) is 16.0. The summed E-state index contributed by atoms with van der Waals surface area (Å²) in [5, 5.41) is 3.05. The number of urea groups is 1. The Kier molecular flexibility index (Phi) is 6.45. The molecule has 0 aliphatic heterocycles. The Morgan fingerprint density at radius 3 is 2.40 bits per heavy atom. The predicted molar refractivity (Wildman–Crippen MR) is 102 cm³/mol. The smallest absolute Gasteiger partial charge is 0.322 e. The highest BCUT2D eigenvalue weighted by atomic mass is 16.2. The van der Waals surface area contributed by atoms with Crippen molar-refractivity contribution in [3.63, 3.8) is 0 Å². The van der Waals surface area contributed by atoms with Gasteiger partial charge >= 0.3 is 6.03 Å². The van der Waals surface area contributed by atoms with Crippen molar-refractivity contribution >= 4 is 17.6 Å². The Labute approximate surface area is 151 Å². The molecule has 138 valence electrons. The topological polar surface area (TPSA) is 52.7 Å².